The van der Waals surface area contributed by atoms with Crippen LogP contribution >= 0.6 is 0 Å². The van der Waals surface area contributed by atoms with Crippen molar-refractivity contribution in [3.05, 3.63) is 54.0 Å². The molecule has 0 aromatic carbocycles. The summed E-state index contributed by atoms with van der Waals surface area (Å²) in [6.07, 6.45) is 7.16. The number of methoxy groups -OCH3 is 2. The van der Waals surface area contributed by atoms with E-state index >= 15 is 0 Å². The number of ether oxygens (including phenoxy) is 2. The first kappa shape index (κ1) is 25.6. The van der Waals surface area contributed by atoms with E-state index in [1.165, 1.54) is 6.20 Å². The molecule has 3 N–H and O–H groups in total. The zero-order valence-corrected chi connectivity index (χ0v) is 21.3. The van der Waals surface area contributed by atoms with Gasteiger partial charge in [0.1, 0.15) is 5.82 Å². The molecule has 0 aliphatic carbocycles. The average Bonchev–Trinajstić information content (AvgIpc) is 2.87. The number of fused-ring (bicyclic) bond motifs is 1. The Labute approximate surface area is 211 Å². The molecule has 3 aromatic rings. The number of nitrogens with two attached hydrogens (primary N) is 1. The number of nitrogens with zero attached hydrogens (tertiary/aromatic N) is 6. The first-order valence-corrected chi connectivity index (χ1v) is 12.1. The molecule has 1 saturated heterocycles. The molecule has 0 amide bonds. The second-order valence-corrected chi connectivity index (χ2v) is 9.16. The number of pyridine rings is 2. The topological polar surface area (TPSA) is 124 Å². The summed E-state index contributed by atoms with van der Waals surface area (Å²) in [5.41, 5.74) is 10.1. The van der Waals surface area contributed by atoms with Gasteiger partial charge in [-0.15, -0.1) is 5.10 Å². The quantitative estimate of drug-likeness (QED) is 0.390. The lowest BCUT2D eigenvalue weighted by Gasteiger charge is -2.39. The molecule has 1 fully saturated rings. The van der Waals surface area contributed by atoms with Crippen LogP contribution in [0.5, 0.6) is 0 Å². The maximum absolute atomic E-state index is 5.93. The van der Waals surface area contributed by atoms with E-state index in [1.54, 1.807) is 32.8 Å². The monoisotopic (exact) mass is 490 g/mol. The third-order valence-electron chi connectivity index (χ3n) is 6.24. The van der Waals surface area contributed by atoms with E-state index in [0.717, 1.165) is 47.4 Å². The Bertz CT molecular complexity index is 1220. The number of aromatic nitrogens is 4. The average molecular weight is 491 g/mol. The molecule has 3 aromatic heterocycles. The van der Waals surface area contributed by atoms with Crippen molar-refractivity contribution >= 4 is 34.5 Å². The molecule has 10 heteroatoms. The van der Waals surface area contributed by atoms with E-state index < -0.39 is 0 Å². The van der Waals surface area contributed by atoms with Gasteiger partial charge in [0.15, 0.2) is 5.82 Å². The van der Waals surface area contributed by atoms with Crippen molar-refractivity contribution in [1.82, 2.24) is 25.1 Å². The fourth-order valence-electron chi connectivity index (χ4n) is 3.92. The molecule has 1 aliphatic heterocycles. The van der Waals surface area contributed by atoms with Crippen LogP contribution in [0.2, 0.25) is 0 Å². The van der Waals surface area contributed by atoms with Crippen LogP contribution in [-0.4, -0.2) is 83.9 Å². The molecule has 190 valence electrons. The highest BCUT2D eigenvalue weighted by molar-refractivity contribution is 6.10. The Hall–Kier alpha value is -3.47. The predicted octanol–water partition coefficient (Wildman–Crippen LogP) is 3.00. The molecule has 0 saturated carbocycles. The van der Waals surface area contributed by atoms with Crippen molar-refractivity contribution in [2.45, 2.75) is 32.0 Å². The van der Waals surface area contributed by atoms with E-state index in [0.29, 0.717) is 30.2 Å². The first-order valence-electron chi connectivity index (χ1n) is 12.1. The standard InChI is InChI=1S/C26H34N8O2/c1-17(2)18-8-26(33-30-12-18)32-25-6-5-23-24(31-25)7-19(11-29-23)20(9-27)10-28-13-21(35-3)14-34-15-22(16-34)36-4/h5-12,17,21-22H,13-16,27H2,1-4H3,(H,31,32,33). The summed E-state index contributed by atoms with van der Waals surface area (Å²) in [5.74, 6) is 1.67. The van der Waals surface area contributed by atoms with E-state index in [-0.39, 0.29) is 6.10 Å². The van der Waals surface area contributed by atoms with Crippen LogP contribution < -0.4 is 11.1 Å². The molecule has 4 heterocycles. The summed E-state index contributed by atoms with van der Waals surface area (Å²) in [6.45, 7) is 7.44. The van der Waals surface area contributed by atoms with Gasteiger partial charge < -0.3 is 20.5 Å². The fraction of sp³-hybridized carbons (Fsp3) is 0.423. The highest BCUT2D eigenvalue weighted by Gasteiger charge is 2.28. The maximum Gasteiger partial charge on any atom is 0.154 e. The van der Waals surface area contributed by atoms with Crippen LogP contribution in [0.1, 0.15) is 30.9 Å². The highest BCUT2D eigenvalue weighted by Crippen LogP contribution is 2.22. The van der Waals surface area contributed by atoms with Crippen molar-refractivity contribution in [3.8, 4) is 0 Å². The molecule has 0 radical (unpaired) electrons. The summed E-state index contributed by atoms with van der Waals surface area (Å²) in [4.78, 5) is 16.1. The van der Waals surface area contributed by atoms with E-state index in [4.69, 9.17) is 20.2 Å². The van der Waals surface area contributed by atoms with Gasteiger partial charge >= 0.3 is 0 Å². The van der Waals surface area contributed by atoms with E-state index in [9.17, 15) is 0 Å². The minimum absolute atomic E-state index is 0.000376. The van der Waals surface area contributed by atoms with Gasteiger partial charge in [-0.1, -0.05) is 13.8 Å². The Morgan fingerprint density at radius 3 is 2.75 bits per heavy atom. The Balaban J connectivity index is 1.43. The zero-order valence-electron chi connectivity index (χ0n) is 21.3. The van der Waals surface area contributed by atoms with Gasteiger partial charge in [-0.05, 0) is 35.7 Å². The van der Waals surface area contributed by atoms with Crippen LogP contribution in [0.3, 0.4) is 0 Å². The Kier molecular flexibility index (Phi) is 8.52. The Morgan fingerprint density at radius 2 is 2.03 bits per heavy atom. The highest BCUT2D eigenvalue weighted by atomic mass is 16.5. The predicted molar refractivity (Wildman–Crippen MR) is 142 cm³/mol. The normalized spacial score (nSPS) is 16.1. The Morgan fingerprint density at radius 1 is 1.19 bits per heavy atom. The molecule has 36 heavy (non-hydrogen) atoms. The van der Waals surface area contributed by atoms with Gasteiger partial charge in [0.25, 0.3) is 0 Å². The minimum atomic E-state index is 0.000376. The van der Waals surface area contributed by atoms with Crippen molar-refractivity contribution in [2.24, 2.45) is 10.7 Å². The number of hydrogen-bond acceptors (Lipinski definition) is 10. The molecule has 1 atom stereocenters. The third-order valence-corrected chi connectivity index (χ3v) is 6.24. The molecule has 1 unspecified atom stereocenters. The second kappa shape index (κ2) is 12.0. The summed E-state index contributed by atoms with van der Waals surface area (Å²) in [7, 11) is 3.46. The number of nitrogens with one attached hydrogen (secondary N) is 1. The van der Waals surface area contributed by atoms with Crippen molar-refractivity contribution in [1.29, 1.82) is 0 Å². The van der Waals surface area contributed by atoms with Crippen LogP contribution in [0.4, 0.5) is 11.6 Å². The van der Waals surface area contributed by atoms with Gasteiger partial charge in [-0.2, -0.15) is 5.10 Å². The molecular formula is C26H34N8O2. The van der Waals surface area contributed by atoms with Crippen LogP contribution in [0, 0.1) is 0 Å². The van der Waals surface area contributed by atoms with Gasteiger partial charge in [0.2, 0.25) is 0 Å². The van der Waals surface area contributed by atoms with Gasteiger partial charge in [0, 0.05) is 63.6 Å². The first-order chi connectivity index (χ1) is 17.5. The third kappa shape index (κ3) is 6.39. The van der Waals surface area contributed by atoms with E-state index in [2.05, 4.69) is 44.2 Å². The molecule has 0 spiro atoms. The smallest absolute Gasteiger partial charge is 0.154 e. The molecule has 10 nitrogen and oxygen atoms in total. The molecule has 4 rings (SSSR count). The largest absolute Gasteiger partial charge is 0.404 e. The number of rotatable bonds is 11. The van der Waals surface area contributed by atoms with Gasteiger partial charge in [-0.25, -0.2) is 4.98 Å². The number of hydrogen-bond donors (Lipinski definition) is 2. The summed E-state index contributed by atoms with van der Waals surface area (Å²) >= 11 is 0. The molecule has 1 aliphatic rings. The lowest BCUT2D eigenvalue weighted by molar-refractivity contribution is -0.0505. The van der Waals surface area contributed by atoms with Crippen molar-refractivity contribution < 1.29 is 9.47 Å². The summed E-state index contributed by atoms with van der Waals surface area (Å²) in [6, 6.07) is 7.72. The summed E-state index contributed by atoms with van der Waals surface area (Å²) in [5, 5.41) is 11.5. The van der Waals surface area contributed by atoms with E-state index in [1.807, 2.05) is 24.3 Å². The number of aliphatic imine (C=N–C) groups is 1. The fourth-order valence-corrected chi connectivity index (χ4v) is 3.92. The zero-order chi connectivity index (χ0) is 25.5. The number of likely N-dealkylation sites (tertiary alicyclic amines) is 1. The van der Waals surface area contributed by atoms with Crippen LogP contribution in [0.15, 0.2) is 47.9 Å². The lowest BCUT2D eigenvalue weighted by Crippen LogP contribution is -2.54. The van der Waals surface area contributed by atoms with Crippen LogP contribution in [0.25, 0.3) is 16.6 Å². The lowest BCUT2D eigenvalue weighted by atomic mass is 10.1. The van der Waals surface area contributed by atoms with Crippen molar-refractivity contribution in [2.75, 3.05) is 45.7 Å². The number of allylic oxidation sites excluding steroid dienone is 1. The molecular weight excluding hydrogens is 456 g/mol. The van der Waals surface area contributed by atoms with Gasteiger partial charge in [-0.3, -0.25) is 14.9 Å². The molecule has 0 bridgehead atoms. The second-order valence-electron chi connectivity index (χ2n) is 9.16. The number of anilines is 2. The maximum atomic E-state index is 5.93. The SMILES string of the molecule is COC(CN=CC(=CN)c1cnc2ccc(Nc3cc(C(C)C)cnn3)nc2c1)CN1CC(OC)C1. The van der Waals surface area contributed by atoms with Gasteiger partial charge in [0.05, 0.1) is 36.0 Å². The minimum Gasteiger partial charge on any atom is -0.404 e. The summed E-state index contributed by atoms with van der Waals surface area (Å²) < 4.78 is 10.9. The van der Waals surface area contributed by atoms with Crippen molar-refractivity contribution in [3.63, 3.8) is 0 Å². The van der Waals surface area contributed by atoms with Crippen LogP contribution in [-0.2, 0) is 9.47 Å².